The van der Waals surface area contributed by atoms with Gasteiger partial charge in [0.2, 0.25) is 0 Å². The first kappa shape index (κ1) is 15.9. The Kier molecular flexibility index (Phi) is 4.92. The molecule has 0 aliphatic carbocycles. The van der Waals surface area contributed by atoms with Crippen LogP contribution in [0.25, 0.3) is 0 Å². The fraction of sp³-hybridized carbons (Fsp3) is 0.615. The van der Waals surface area contributed by atoms with Gasteiger partial charge in [0.25, 0.3) is 10.0 Å². The van der Waals surface area contributed by atoms with Crippen molar-refractivity contribution in [1.82, 2.24) is 9.29 Å². The third-order valence-corrected chi connectivity index (χ3v) is 4.25. The number of pyridine rings is 1. The number of sulfonamides is 1. The molecule has 19 heavy (non-hydrogen) atoms. The van der Waals surface area contributed by atoms with Crippen molar-refractivity contribution in [1.29, 1.82) is 0 Å². The summed E-state index contributed by atoms with van der Waals surface area (Å²) in [5, 5.41) is 3.12. The van der Waals surface area contributed by atoms with E-state index in [1.165, 1.54) is 10.5 Å². The van der Waals surface area contributed by atoms with Gasteiger partial charge in [-0.2, -0.15) is 4.31 Å². The van der Waals surface area contributed by atoms with E-state index in [4.69, 9.17) is 0 Å². The summed E-state index contributed by atoms with van der Waals surface area (Å²) in [7, 11) is -1.98. The molecule has 0 aliphatic rings. The highest BCUT2D eigenvalue weighted by molar-refractivity contribution is 7.89. The lowest BCUT2D eigenvalue weighted by Gasteiger charge is -2.26. The minimum Gasteiger partial charge on any atom is -0.383 e. The molecule has 1 aromatic heterocycles. The van der Waals surface area contributed by atoms with Gasteiger partial charge in [0.1, 0.15) is 0 Å². The van der Waals surface area contributed by atoms with Gasteiger partial charge < -0.3 is 5.32 Å². The maximum atomic E-state index is 12.5. The molecule has 1 N–H and O–H groups in total. The number of nitrogens with one attached hydrogen (secondary N) is 1. The molecule has 0 amide bonds. The Bertz CT molecular complexity index is 521. The number of aromatic nitrogens is 1. The molecule has 1 heterocycles. The molecule has 0 bridgehead atoms. The normalized spacial score (nSPS) is 12.7. The number of hydrogen-bond acceptors (Lipinski definition) is 4. The summed E-state index contributed by atoms with van der Waals surface area (Å²) in [5.41, 5.74) is 0.445. The fourth-order valence-corrected chi connectivity index (χ4v) is 3.29. The predicted octanol–water partition coefficient (Wildman–Crippen LogP) is 2.18. The van der Waals surface area contributed by atoms with Crippen molar-refractivity contribution in [2.24, 2.45) is 5.41 Å². The van der Waals surface area contributed by atoms with Crippen LogP contribution < -0.4 is 5.32 Å². The third kappa shape index (κ3) is 4.18. The van der Waals surface area contributed by atoms with Crippen LogP contribution in [-0.4, -0.2) is 37.8 Å². The maximum absolute atomic E-state index is 12.5. The molecule has 1 rings (SSSR count). The predicted molar refractivity (Wildman–Crippen MR) is 77.7 cm³/mol. The Labute approximate surface area is 116 Å². The van der Waals surface area contributed by atoms with Gasteiger partial charge in [-0.05, 0) is 24.5 Å². The summed E-state index contributed by atoms with van der Waals surface area (Å²) in [6, 6.07) is 3.45. The number of anilines is 1. The van der Waals surface area contributed by atoms with Gasteiger partial charge in [0.05, 0.1) is 5.69 Å². The average Bonchev–Trinajstić information content (AvgIpc) is 2.27. The topological polar surface area (TPSA) is 62.3 Å². The van der Waals surface area contributed by atoms with Gasteiger partial charge in [-0.1, -0.05) is 20.8 Å². The number of hydrogen-bond donors (Lipinski definition) is 1. The second-order valence-corrected chi connectivity index (χ2v) is 7.67. The van der Waals surface area contributed by atoms with E-state index < -0.39 is 10.0 Å². The highest BCUT2D eigenvalue weighted by Gasteiger charge is 2.28. The lowest BCUT2D eigenvalue weighted by atomic mass is 9.97. The molecule has 0 aromatic carbocycles. The van der Waals surface area contributed by atoms with Crippen LogP contribution in [-0.2, 0) is 10.0 Å². The van der Waals surface area contributed by atoms with E-state index in [1.54, 1.807) is 19.2 Å². The van der Waals surface area contributed by atoms with E-state index in [2.05, 4.69) is 10.3 Å². The van der Waals surface area contributed by atoms with Crippen LogP contribution in [0.3, 0.4) is 0 Å². The van der Waals surface area contributed by atoms with E-state index in [-0.39, 0.29) is 10.4 Å². The number of nitrogens with zero attached hydrogens (tertiary/aromatic N) is 2. The van der Waals surface area contributed by atoms with Crippen LogP contribution >= 0.6 is 0 Å². The van der Waals surface area contributed by atoms with Crippen molar-refractivity contribution >= 4 is 15.7 Å². The molecular formula is C13H23N3O2S. The summed E-state index contributed by atoms with van der Waals surface area (Å²) < 4.78 is 26.4. The summed E-state index contributed by atoms with van der Waals surface area (Å²) in [6.45, 7) is 9.02. The fourth-order valence-electron chi connectivity index (χ4n) is 1.82. The molecule has 1 aromatic rings. The molecule has 0 radical (unpaired) electrons. The van der Waals surface area contributed by atoms with Gasteiger partial charge in [-0.3, -0.25) is 0 Å². The average molecular weight is 285 g/mol. The Morgan fingerprint density at radius 2 is 2.00 bits per heavy atom. The smallest absolute Gasteiger partial charge is 0.262 e. The molecule has 108 valence electrons. The molecule has 0 saturated carbocycles. The molecule has 0 aliphatic heterocycles. The Balaban J connectivity index is 3.13. The lowest BCUT2D eigenvalue weighted by molar-refractivity contribution is 0.310. The zero-order chi connectivity index (χ0) is 14.7. The second kappa shape index (κ2) is 5.88. The summed E-state index contributed by atoms with van der Waals surface area (Å²) in [4.78, 5) is 4.03. The van der Waals surface area contributed by atoms with Crippen LogP contribution in [0.5, 0.6) is 0 Å². The van der Waals surface area contributed by atoms with E-state index in [1.807, 2.05) is 27.7 Å². The molecule has 6 heteroatoms. The summed E-state index contributed by atoms with van der Waals surface area (Å²) in [5.74, 6) is 0. The van der Waals surface area contributed by atoms with Crippen molar-refractivity contribution < 1.29 is 8.42 Å². The van der Waals surface area contributed by atoms with Gasteiger partial charge >= 0.3 is 0 Å². The summed E-state index contributed by atoms with van der Waals surface area (Å²) >= 11 is 0. The van der Waals surface area contributed by atoms with E-state index in [0.29, 0.717) is 18.8 Å². The van der Waals surface area contributed by atoms with Crippen LogP contribution in [0.15, 0.2) is 23.4 Å². The van der Waals surface area contributed by atoms with Crippen LogP contribution in [0.2, 0.25) is 0 Å². The van der Waals surface area contributed by atoms with Crippen molar-refractivity contribution in [2.75, 3.05) is 25.5 Å². The minimum atomic E-state index is -3.57. The molecule has 0 fully saturated rings. The zero-order valence-corrected chi connectivity index (χ0v) is 13.1. The molecule has 5 nitrogen and oxygen atoms in total. The Hall–Kier alpha value is -1.14. The van der Waals surface area contributed by atoms with Crippen LogP contribution in [0.1, 0.15) is 27.7 Å². The van der Waals surface area contributed by atoms with Crippen molar-refractivity contribution in [3.63, 3.8) is 0 Å². The SMILES string of the molecule is CCNc1cccnc1S(=O)(=O)N(C)CC(C)(C)C. The van der Waals surface area contributed by atoms with E-state index in [0.717, 1.165) is 0 Å². The summed E-state index contributed by atoms with van der Waals surface area (Å²) in [6.07, 6.45) is 1.50. The van der Waals surface area contributed by atoms with E-state index in [9.17, 15) is 8.42 Å². The van der Waals surface area contributed by atoms with Crippen molar-refractivity contribution in [3.05, 3.63) is 18.3 Å². The monoisotopic (exact) mass is 285 g/mol. The standard InChI is InChI=1S/C13H23N3O2S/c1-6-14-11-8-7-9-15-12(11)19(17,18)16(5)10-13(2,3)4/h7-9,14H,6,10H2,1-5H3. The number of rotatable bonds is 5. The van der Waals surface area contributed by atoms with Gasteiger partial charge in [0.15, 0.2) is 5.03 Å². The largest absolute Gasteiger partial charge is 0.383 e. The van der Waals surface area contributed by atoms with Crippen molar-refractivity contribution in [3.8, 4) is 0 Å². The van der Waals surface area contributed by atoms with Gasteiger partial charge in [-0.15, -0.1) is 0 Å². The third-order valence-electron chi connectivity index (χ3n) is 2.49. The first-order valence-electron chi connectivity index (χ1n) is 6.33. The minimum absolute atomic E-state index is 0.0867. The van der Waals surface area contributed by atoms with E-state index >= 15 is 0 Å². The Morgan fingerprint density at radius 1 is 1.37 bits per heavy atom. The highest BCUT2D eigenvalue weighted by atomic mass is 32.2. The zero-order valence-electron chi connectivity index (χ0n) is 12.3. The Morgan fingerprint density at radius 3 is 2.53 bits per heavy atom. The second-order valence-electron chi connectivity index (χ2n) is 5.71. The highest BCUT2D eigenvalue weighted by Crippen LogP contribution is 2.24. The molecule has 0 unspecified atom stereocenters. The molecule has 0 saturated heterocycles. The molecular weight excluding hydrogens is 262 g/mol. The molecule has 0 spiro atoms. The van der Waals surface area contributed by atoms with Gasteiger partial charge in [0, 0.05) is 26.3 Å². The maximum Gasteiger partial charge on any atom is 0.262 e. The van der Waals surface area contributed by atoms with Crippen LogP contribution in [0.4, 0.5) is 5.69 Å². The lowest BCUT2D eigenvalue weighted by Crippen LogP contribution is -2.35. The molecule has 0 atom stereocenters. The van der Waals surface area contributed by atoms with Crippen LogP contribution in [0, 0.1) is 5.41 Å². The van der Waals surface area contributed by atoms with Gasteiger partial charge in [-0.25, -0.2) is 13.4 Å². The first-order chi connectivity index (χ1) is 8.68. The first-order valence-corrected chi connectivity index (χ1v) is 7.77. The van der Waals surface area contributed by atoms with Crippen molar-refractivity contribution in [2.45, 2.75) is 32.7 Å². The quantitative estimate of drug-likeness (QED) is 0.900.